The molecule has 7 heteroatoms. The van der Waals surface area contributed by atoms with Crippen molar-refractivity contribution in [3.8, 4) is 0 Å². The van der Waals surface area contributed by atoms with Crippen LogP contribution in [0.15, 0.2) is 18.2 Å². The van der Waals surface area contributed by atoms with E-state index in [-0.39, 0.29) is 22.1 Å². The molecule has 1 amide bonds. The second-order valence-corrected chi connectivity index (χ2v) is 7.92. The van der Waals surface area contributed by atoms with Crippen molar-refractivity contribution in [3.05, 3.63) is 33.9 Å². The fraction of sp³-hybridized carbons (Fsp3) is 0.588. The normalized spacial score (nSPS) is 18.8. The Morgan fingerprint density at radius 1 is 1.25 bits per heavy atom. The number of nitro benzene ring substituents is 1. The number of nitrogens with zero attached hydrogens (tertiary/aromatic N) is 3. The number of carbonyl (C=O) groups is 1. The first-order chi connectivity index (χ1) is 11.1. The van der Waals surface area contributed by atoms with Gasteiger partial charge in [0.25, 0.3) is 5.69 Å². The van der Waals surface area contributed by atoms with Crippen molar-refractivity contribution in [3.63, 3.8) is 0 Å². The lowest BCUT2D eigenvalue weighted by Crippen LogP contribution is -2.73. The van der Waals surface area contributed by atoms with Gasteiger partial charge in [0.1, 0.15) is 5.60 Å². The number of anilines is 1. The molecule has 0 saturated carbocycles. The zero-order chi connectivity index (χ0) is 17.7. The van der Waals surface area contributed by atoms with Crippen LogP contribution in [0.25, 0.3) is 0 Å². The number of carbonyl (C=O) groups excluding carboxylic acids is 1. The molecule has 1 aromatic carbocycles. The summed E-state index contributed by atoms with van der Waals surface area (Å²) in [6.07, 6.45) is -0.252. The summed E-state index contributed by atoms with van der Waals surface area (Å²) in [6, 6.07) is 4.96. The first kappa shape index (κ1) is 16.5. The average Bonchev–Trinajstić information content (AvgIpc) is 2.34. The monoisotopic (exact) mass is 333 g/mol. The Morgan fingerprint density at radius 3 is 2.38 bits per heavy atom. The van der Waals surface area contributed by atoms with Crippen molar-refractivity contribution >= 4 is 17.5 Å². The van der Waals surface area contributed by atoms with Gasteiger partial charge in [-0.25, -0.2) is 4.79 Å². The zero-order valence-electron chi connectivity index (χ0n) is 14.5. The predicted octanol–water partition coefficient (Wildman–Crippen LogP) is 2.96. The number of likely N-dealkylation sites (tertiary alicyclic amines) is 1. The van der Waals surface area contributed by atoms with Crippen LogP contribution < -0.4 is 4.90 Å². The molecule has 0 unspecified atom stereocenters. The number of non-ortho nitro benzene ring substituents is 1. The molecule has 0 bridgehead atoms. The van der Waals surface area contributed by atoms with E-state index in [2.05, 4.69) is 4.90 Å². The van der Waals surface area contributed by atoms with Gasteiger partial charge >= 0.3 is 6.09 Å². The quantitative estimate of drug-likeness (QED) is 0.614. The van der Waals surface area contributed by atoms with Gasteiger partial charge in [0.15, 0.2) is 0 Å². The van der Waals surface area contributed by atoms with Crippen LogP contribution in [-0.2, 0) is 4.74 Å². The van der Waals surface area contributed by atoms with Gasteiger partial charge in [-0.05, 0) is 39.3 Å². The maximum absolute atomic E-state index is 12.0. The molecule has 0 aliphatic carbocycles. The summed E-state index contributed by atoms with van der Waals surface area (Å²) in [6.45, 7) is 10.6. The van der Waals surface area contributed by atoms with E-state index in [0.717, 1.165) is 24.3 Å². The Morgan fingerprint density at radius 2 is 1.88 bits per heavy atom. The summed E-state index contributed by atoms with van der Waals surface area (Å²) in [5, 5.41) is 10.8. The molecule has 0 radical (unpaired) electrons. The third-order valence-corrected chi connectivity index (χ3v) is 4.49. The van der Waals surface area contributed by atoms with Crippen molar-refractivity contribution in [1.82, 2.24) is 4.90 Å². The molecule has 2 fully saturated rings. The Bertz CT molecular complexity index is 682. The number of amides is 1. The van der Waals surface area contributed by atoms with E-state index < -0.39 is 5.60 Å². The number of hydrogen-bond acceptors (Lipinski definition) is 5. The highest BCUT2D eigenvalue weighted by Gasteiger charge is 2.54. The molecular formula is C17H23N3O4. The summed E-state index contributed by atoms with van der Waals surface area (Å²) in [5.41, 5.74) is 1.72. The first-order valence-corrected chi connectivity index (χ1v) is 8.07. The molecule has 0 aromatic heterocycles. The van der Waals surface area contributed by atoms with Crippen LogP contribution in [0.3, 0.4) is 0 Å². The topological polar surface area (TPSA) is 75.9 Å². The summed E-state index contributed by atoms with van der Waals surface area (Å²) in [4.78, 5) is 26.4. The summed E-state index contributed by atoms with van der Waals surface area (Å²) < 4.78 is 5.38. The van der Waals surface area contributed by atoms with Crippen molar-refractivity contribution in [2.24, 2.45) is 5.41 Å². The minimum atomic E-state index is -0.471. The number of aryl methyl sites for hydroxylation is 1. The van der Waals surface area contributed by atoms with Crippen LogP contribution in [-0.4, -0.2) is 47.7 Å². The van der Waals surface area contributed by atoms with Crippen molar-refractivity contribution in [1.29, 1.82) is 0 Å². The summed E-state index contributed by atoms with van der Waals surface area (Å²) in [7, 11) is 0. The van der Waals surface area contributed by atoms with Crippen LogP contribution >= 0.6 is 0 Å². The molecule has 2 saturated heterocycles. The number of rotatable bonds is 2. The highest BCUT2D eigenvalue weighted by atomic mass is 16.6. The second kappa shape index (κ2) is 5.36. The van der Waals surface area contributed by atoms with E-state index in [9.17, 15) is 14.9 Å². The Balaban J connectivity index is 1.56. The van der Waals surface area contributed by atoms with Gasteiger partial charge < -0.3 is 14.5 Å². The van der Waals surface area contributed by atoms with Crippen LogP contribution in [0.4, 0.5) is 16.2 Å². The minimum absolute atomic E-state index is 0.117. The average molecular weight is 333 g/mol. The summed E-state index contributed by atoms with van der Waals surface area (Å²) in [5.74, 6) is 0. The van der Waals surface area contributed by atoms with Gasteiger partial charge in [-0.15, -0.1) is 0 Å². The lowest BCUT2D eigenvalue weighted by Gasteiger charge is -2.60. The van der Waals surface area contributed by atoms with Crippen LogP contribution in [0, 0.1) is 22.5 Å². The standard InChI is InChI=1S/C17H23N3O4/c1-12-7-13(20(22)23)5-6-14(12)18-8-17(9-18)10-19(11-17)15(21)24-16(2,3)4/h5-7H,8-11H2,1-4H3. The summed E-state index contributed by atoms with van der Waals surface area (Å²) >= 11 is 0. The van der Waals surface area contributed by atoms with Gasteiger partial charge in [0, 0.05) is 49.4 Å². The molecule has 2 aliphatic heterocycles. The van der Waals surface area contributed by atoms with Gasteiger partial charge in [-0.3, -0.25) is 10.1 Å². The molecule has 0 N–H and O–H groups in total. The highest BCUT2D eigenvalue weighted by molar-refractivity contribution is 5.70. The Kier molecular flexibility index (Phi) is 3.69. The Labute approximate surface area is 141 Å². The highest BCUT2D eigenvalue weighted by Crippen LogP contribution is 2.43. The van der Waals surface area contributed by atoms with E-state index >= 15 is 0 Å². The third-order valence-electron chi connectivity index (χ3n) is 4.49. The van der Waals surface area contributed by atoms with Crippen LogP contribution in [0.1, 0.15) is 26.3 Å². The van der Waals surface area contributed by atoms with E-state index in [1.807, 2.05) is 33.8 Å². The predicted molar refractivity (Wildman–Crippen MR) is 90.3 cm³/mol. The molecule has 7 nitrogen and oxygen atoms in total. The van der Waals surface area contributed by atoms with E-state index in [1.54, 1.807) is 17.0 Å². The maximum Gasteiger partial charge on any atom is 0.410 e. The number of ether oxygens (including phenoxy) is 1. The number of nitro groups is 1. The lowest BCUT2D eigenvalue weighted by atomic mass is 9.72. The number of benzene rings is 1. The molecule has 130 valence electrons. The molecule has 2 aliphatic rings. The molecule has 1 spiro atoms. The minimum Gasteiger partial charge on any atom is -0.444 e. The van der Waals surface area contributed by atoms with Gasteiger partial charge in [-0.2, -0.15) is 0 Å². The van der Waals surface area contributed by atoms with Crippen molar-refractivity contribution < 1.29 is 14.5 Å². The van der Waals surface area contributed by atoms with Gasteiger partial charge in [-0.1, -0.05) is 0 Å². The van der Waals surface area contributed by atoms with E-state index in [0.29, 0.717) is 13.1 Å². The molecule has 1 aromatic rings. The zero-order valence-corrected chi connectivity index (χ0v) is 14.5. The van der Waals surface area contributed by atoms with E-state index in [1.165, 1.54) is 0 Å². The smallest absolute Gasteiger partial charge is 0.410 e. The van der Waals surface area contributed by atoms with Crippen LogP contribution in [0.2, 0.25) is 0 Å². The van der Waals surface area contributed by atoms with E-state index in [4.69, 9.17) is 4.74 Å². The van der Waals surface area contributed by atoms with Gasteiger partial charge in [0.05, 0.1) is 4.92 Å². The first-order valence-electron chi connectivity index (χ1n) is 8.07. The largest absolute Gasteiger partial charge is 0.444 e. The van der Waals surface area contributed by atoms with Gasteiger partial charge in [0.2, 0.25) is 0 Å². The molecule has 2 heterocycles. The van der Waals surface area contributed by atoms with Crippen LogP contribution in [0.5, 0.6) is 0 Å². The molecule has 0 atom stereocenters. The Hall–Kier alpha value is -2.31. The number of hydrogen-bond donors (Lipinski definition) is 0. The van der Waals surface area contributed by atoms with Crippen molar-refractivity contribution in [2.75, 3.05) is 31.1 Å². The fourth-order valence-electron chi connectivity index (χ4n) is 3.46. The maximum atomic E-state index is 12.0. The van der Waals surface area contributed by atoms with Crippen molar-refractivity contribution in [2.45, 2.75) is 33.3 Å². The molecule has 24 heavy (non-hydrogen) atoms. The fourth-order valence-corrected chi connectivity index (χ4v) is 3.46. The lowest BCUT2D eigenvalue weighted by molar-refractivity contribution is -0.384. The third kappa shape index (κ3) is 3.02. The SMILES string of the molecule is Cc1cc([N+](=O)[O-])ccc1N1CC2(CN(C(=O)OC(C)(C)C)C2)C1. The molecular weight excluding hydrogens is 310 g/mol. The molecule has 3 rings (SSSR count). The second-order valence-electron chi connectivity index (χ2n) is 7.92.